The van der Waals surface area contributed by atoms with Crippen LogP contribution in [0.4, 0.5) is 0 Å². The molecule has 1 aliphatic carbocycles. The maximum atomic E-state index is 12.0. The van der Waals surface area contributed by atoms with Crippen LogP contribution in [-0.4, -0.2) is 12.9 Å². The first-order valence-electron chi connectivity index (χ1n) is 7.10. The third kappa shape index (κ3) is 2.27. The molecule has 106 valence electrons. The normalized spacial score (nSPS) is 13.7. The molecule has 2 heteroatoms. The SMILES string of the molecule is COc1c(C)cc(C2=CCC(=O)c3ccccc32)cc1C. The number of carbonyl (C=O) groups excluding carboxylic acids is 1. The van der Waals surface area contributed by atoms with Crippen molar-refractivity contribution < 1.29 is 9.53 Å². The van der Waals surface area contributed by atoms with E-state index in [-0.39, 0.29) is 5.78 Å². The molecule has 0 heterocycles. The van der Waals surface area contributed by atoms with Crippen LogP contribution in [0.2, 0.25) is 0 Å². The minimum atomic E-state index is 0.191. The number of benzene rings is 2. The first-order valence-corrected chi connectivity index (χ1v) is 7.10. The average molecular weight is 278 g/mol. The van der Waals surface area contributed by atoms with E-state index < -0.39 is 0 Å². The zero-order valence-electron chi connectivity index (χ0n) is 12.6. The Labute approximate surface area is 125 Å². The van der Waals surface area contributed by atoms with Crippen LogP contribution in [0.1, 0.15) is 39.0 Å². The van der Waals surface area contributed by atoms with Crippen LogP contribution in [0.3, 0.4) is 0 Å². The molecule has 2 aromatic carbocycles. The minimum Gasteiger partial charge on any atom is -0.496 e. The Morgan fingerprint density at radius 2 is 1.62 bits per heavy atom. The van der Waals surface area contributed by atoms with Crippen LogP contribution in [0.15, 0.2) is 42.5 Å². The van der Waals surface area contributed by atoms with Gasteiger partial charge in [-0.1, -0.05) is 30.3 Å². The molecule has 0 unspecified atom stereocenters. The van der Waals surface area contributed by atoms with Gasteiger partial charge in [0, 0.05) is 12.0 Å². The average Bonchev–Trinajstić information content (AvgIpc) is 2.47. The molecule has 0 radical (unpaired) electrons. The van der Waals surface area contributed by atoms with Gasteiger partial charge in [-0.25, -0.2) is 0 Å². The second-order valence-electron chi connectivity index (χ2n) is 5.43. The van der Waals surface area contributed by atoms with E-state index in [0.717, 1.165) is 39.1 Å². The summed E-state index contributed by atoms with van der Waals surface area (Å²) in [6.07, 6.45) is 2.50. The Balaban J connectivity index is 2.16. The first kappa shape index (κ1) is 13.6. The van der Waals surface area contributed by atoms with Gasteiger partial charge in [-0.3, -0.25) is 4.79 Å². The largest absolute Gasteiger partial charge is 0.496 e. The monoisotopic (exact) mass is 278 g/mol. The molecule has 0 atom stereocenters. The molecule has 2 nitrogen and oxygen atoms in total. The molecule has 2 aromatic rings. The van der Waals surface area contributed by atoms with E-state index in [0.29, 0.717) is 6.42 Å². The van der Waals surface area contributed by atoms with E-state index in [1.165, 1.54) is 0 Å². The lowest BCUT2D eigenvalue weighted by Crippen LogP contribution is -2.08. The third-order valence-electron chi connectivity index (χ3n) is 3.98. The quantitative estimate of drug-likeness (QED) is 0.817. The van der Waals surface area contributed by atoms with Crippen LogP contribution < -0.4 is 4.74 Å². The summed E-state index contributed by atoms with van der Waals surface area (Å²) in [7, 11) is 1.70. The van der Waals surface area contributed by atoms with E-state index in [1.54, 1.807) is 7.11 Å². The van der Waals surface area contributed by atoms with Crippen molar-refractivity contribution in [2.45, 2.75) is 20.3 Å². The van der Waals surface area contributed by atoms with Gasteiger partial charge in [0.1, 0.15) is 5.75 Å². The van der Waals surface area contributed by atoms with Crippen molar-refractivity contribution in [2.75, 3.05) is 7.11 Å². The van der Waals surface area contributed by atoms with Gasteiger partial charge in [-0.15, -0.1) is 0 Å². The number of carbonyl (C=O) groups is 1. The summed E-state index contributed by atoms with van der Waals surface area (Å²) in [5.74, 6) is 1.12. The van der Waals surface area contributed by atoms with Crippen molar-refractivity contribution >= 4 is 11.4 Å². The fourth-order valence-corrected chi connectivity index (χ4v) is 3.08. The Morgan fingerprint density at radius 3 is 2.24 bits per heavy atom. The van der Waals surface area contributed by atoms with Gasteiger partial charge in [0.25, 0.3) is 0 Å². The number of hydrogen-bond acceptors (Lipinski definition) is 2. The Hall–Kier alpha value is -2.35. The number of hydrogen-bond donors (Lipinski definition) is 0. The van der Waals surface area contributed by atoms with Crippen molar-refractivity contribution in [1.82, 2.24) is 0 Å². The second-order valence-corrected chi connectivity index (χ2v) is 5.43. The summed E-state index contributed by atoms with van der Waals surface area (Å²) in [6, 6.07) is 12.1. The van der Waals surface area contributed by atoms with E-state index in [1.807, 2.05) is 30.3 Å². The molecule has 0 amide bonds. The molecule has 21 heavy (non-hydrogen) atoms. The molecule has 0 fully saturated rings. The van der Waals surface area contributed by atoms with Crippen molar-refractivity contribution in [2.24, 2.45) is 0 Å². The summed E-state index contributed by atoms with van der Waals surface area (Å²) in [6.45, 7) is 4.10. The molecule has 0 bridgehead atoms. The lowest BCUT2D eigenvalue weighted by Gasteiger charge is -2.19. The summed E-state index contributed by atoms with van der Waals surface area (Å²) >= 11 is 0. The molecule has 3 rings (SSSR count). The highest BCUT2D eigenvalue weighted by atomic mass is 16.5. The zero-order chi connectivity index (χ0) is 15.0. The molecule has 0 saturated carbocycles. The highest BCUT2D eigenvalue weighted by Crippen LogP contribution is 2.35. The van der Waals surface area contributed by atoms with Gasteiger partial charge in [-0.05, 0) is 53.8 Å². The van der Waals surface area contributed by atoms with Gasteiger partial charge in [0.15, 0.2) is 5.78 Å². The number of Topliss-reactive ketones (excluding diaryl/α,β-unsaturated/α-hetero) is 1. The van der Waals surface area contributed by atoms with E-state index in [2.05, 4.69) is 26.0 Å². The number of methoxy groups -OCH3 is 1. The highest BCUT2D eigenvalue weighted by molar-refractivity contribution is 6.06. The number of aryl methyl sites for hydroxylation is 2. The van der Waals surface area contributed by atoms with Gasteiger partial charge < -0.3 is 4.74 Å². The number of allylic oxidation sites excluding steroid dienone is 1. The van der Waals surface area contributed by atoms with Crippen LogP contribution in [0.25, 0.3) is 5.57 Å². The lowest BCUT2D eigenvalue weighted by atomic mass is 9.85. The van der Waals surface area contributed by atoms with Crippen LogP contribution >= 0.6 is 0 Å². The second kappa shape index (κ2) is 5.21. The van der Waals surface area contributed by atoms with E-state index >= 15 is 0 Å². The lowest BCUT2D eigenvalue weighted by molar-refractivity contribution is 0.0994. The Kier molecular flexibility index (Phi) is 3.38. The van der Waals surface area contributed by atoms with E-state index in [9.17, 15) is 4.79 Å². The molecule has 0 aromatic heterocycles. The Bertz CT molecular complexity index is 731. The molecular weight excluding hydrogens is 260 g/mol. The summed E-state index contributed by atoms with van der Waals surface area (Å²) in [5, 5.41) is 0. The number of ether oxygens (including phenoxy) is 1. The highest BCUT2D eigenvalue weighted by Gasteiger charge is 2.20. The van der Waals surface area contributed by atoms with Gasteiger partial charge in [0.05, 0.1) is 7.11 Å². The summed E-state index contributed by atoms with van der Waals surface area (Å²) in [4.78, 5) is 12.0. The fraction of sp³-hybridized carbons (Fsp3) is 0.211. The molecule has 0 spiro atoms. The number of fused-ring (bicyclic) bond motifs is 1. The van der Waals surface area contributed by atoms with Crippen LogP contribution in [0, 0.1) is 13.8 Å². The van der Waals surface area contributed by atoms with Crippen molar-refractivity contribution in [3.63, 3.8) is 0 Å². The minimum absolute atomic E-state index is 0.191. The fourth-order valence-electron chi connectivity index (χ4n) is 3.08. The number of ketones is 1. The predicted octanol–water partition coefficient (Wildman–Crippen LogP) is 4.33. The number of rotatable bonds is 2. The molecule has 1 aliphatic rings. The third-order valence-corrected chi connectivity index (χ3v) is 3.98. The van der Waals surface area contributed by atoms with Crippen LogP contribution in [0.5, 0.6) is 5.75 Å². The molecule has 0 saturated heterocycles. The Morgan fingerprint density at radius 1 is 1.00 bits per heavy atom. The van der Waals surface area contributed by atoms with Crippen LogP contribution in [-0.2, 0) is 0 Å². The predicted molar refractivity (Wildman–Crippen MR) is 84.9 cm³/mol. The van der Waals surface area contributed by atoms with Crippen molar-refractivity contribution in [3.05, 3.63) is 70.3 Å². The standard InChI is InChI=1S/C19H18O2/c1-12-10-14(11-13(2)19(12)21-3)15-8-9-18(20)17-7-5-4-6-16(15)17/h4-8,10-11H,9H2,1-3H3. The maximum Gasteiger partial charge on any atom is 0.167 e. The molecular formula is C19H18O2. The topological polar surface area (TPSA) is 26.3 Å². The van der Waals surface area contributed by atoms with Crippen molar-refractivity contribution in [3.8, 4) is 5.75 Å². The smallest absolute Gasteiger partial charge is 0.167 e. The first-order chi connectivity index (χ1) is 10.1. The van der Waals surface area contributed by atoms with Gasteiger partial charge in [0.2, 0.25) is 0 Å². The summed E-state index contributed by atoms with van der Waals surface area (Å²) in [5.41, 5.74) is 6.36. The van der Waals surface area contributed by atoms with Crippen molar-refractivity contribution in [1.29, 1.82) is 0 Å². The summed E-state index contributed by atoms with van der Waals surface area (Å²) < 4.78 is 5.43. The zero-order valence-corrected chi connectivity index (χ0v) is 12.6. The maximum absolute atomic E-state index is 12.0. The van der Waals surface area contributed by atoms with Gasteiger partial charge >= 0.3 is 0 Å². The van der Waals surface area contributed by atoms with E-state index in [4.69, 9.17) is 4.74 Å². The molecule has 0 aliphatic heterocycles. The molecule has 0 N–H and O–H groups in total. The van der Waals surface area contributed by atoms with Gasteiger partial charge in [-0.2, -0.15) is 0 Å².